The quantitative estimate of drug-likeness (QED) is 0.363. The highest BCUT2D eigenvalue weighted by Gasteiger charge is 2.18. The van der Waals surface area contributed by atoms with Crippen molar-refractivity contribution in [2.75, 3.05) is 18.4 Å². The van der Waals surface area contributed by atoms with Crippen LogP contribution < -0.4 is 21.0 Å². The van der Waals surface area contributed by atoms with Gasteiger partial charge in [-0.05, 0) is 88.5 Å². The number of benzene rings is 2. The fourth-order valence-electron chi connectivity index (χ4n) is 4.02. The molecule has 0 saturated carbocycles. The first-order valence-corrected chi connectivity index (χ1v) is 11.5. The predicted molar refractivity (Wildman–Crippen MR) is 133 cm³/mol. The number of hydrogen-bond acceptors (Lipinski definition) is 6. The van der Waals surface area contributed by atoms with E-state index in [9.17, 15) is 14.7 Å². The molecule has 1 saturated heterocycles. The zero-order chi connectivity index (χ0) is 24.2. The molecule has 0 spiro atoms. The summed E-state index contributed by atoms with van der Waals surface area (Å²) in [4.78, 5) is 25.5. The second-order valence-electron chi connectivity index (χ2n) is 8.92. The number of carbonyl (C=O) groups is 1. The van der Waals surface area contributed by atoms with Gasteiger partial charge in [0, 0.05) is 23.1 Å². The third-order valence-corrected chi connectivity index (χ3v) is 5.97. The highest BCUT2D eigenvalue weighted by atomic mass is 16.5. The topological polar surface area (TPSA) is 101 Å². The van der Waals surface area contributed by atoms with Crippen LogP contribution >= 0.6 is 0 Å². The number of allylic oxidation sites excluding steroid dienone is 2. The fraction of sp³-hybridized carbons (Fsp3) is 0.333. The highest BCUT2D eigenvalue weighted by Crippen LogP contribution is 2.29. The van der Waals surface area contributed by atoms with Crippen molar-refractivity contribution in [3.8, 4) is 11.5 Å². The largest absolute Gasteiger partial charge is 0.508 e. The number of carbonyl (C=O) groups excluding carboxylic acids is 1. The van der Waals surface area contributed by atoms with Crippen LogP contribution in [0.15, 0.2) is 57.3 Å². The zero-order valence-electron chi connectivity index (χ0n) is 19.7. The molecule has 1 aliphatic heterocycles. The molecule has 1 aromatic heterocycles. The Labute approximate surface area is 198 Å². The van der Waals surface area contributed by atoms with E-state index in [1.165, 1.54) is 12.1 Å². The van der Waals surface area contributed by atoms with Gasteiger partial charge in [0.1, 0.15) is 28.9 Å². The van der Waals surface area contributed by atoms with E-state index in [1.54, 1.807) is 12.1 Å². The maximum absolute atomic E-state index is 12.8. The standard InChI is InChI=1S/C27H30N2O5/c1-16(2)6-7-18-13-20(8-10-23(18)30)26(31)29-22-14-19-9-11-24(17(3)25(19)34-27(22)32)33-21-5-4-12-28-15-21/h6,8-11,13-14,21,28,30H,4-5,7,12,15H2,1-3H3,(H,29,31). The number of ether oxygens (including phenoxy) is 1. The lowest BCUT2D eigenvalue weighted by Crippen LogP contribution is -2.37. The number of amides is 1. The van der Waals surface area contributed by atoms with Gasteiger partial charge in [0.25, 0.3) is 5.91 Å². The number of rotatable bonds is 6. The Kier molecular flexibility index (Phi) is 7.03. The lowest BCUT2D eigenvalue weighted by Gasteiger charge is -2.24. The van der Waals surface area contributed by atoms with Crippen LogP contribution in [0.5, 0.6) is 11.5 Å². The lowest BCUT2D eigenvalue weighted by atomic mass is 10.0. The van der Waals surface area contributed by atoms with Crippen LogP contribution in [-0.4, -0.2) is 30.2 Å². The van der Waals surface area contributed by atoms with E-state index < -0.39 is 11.5 Å². The van der Waals surface area contributed by atoms with Crippen molar-refractivity contribution >= 4 is 22.6 Å². The minimum atomic E-state index is -0.635. The van der Waals surface area contributed by atoms with Crippen LogP contribution in [0.1, 0.15) is 48.2 Å². The molecule has 0 radical (unpaired) electrons. The molecule has 0 aliphatic carbocycles. The van der Waals surface area contributed by atoms with Crippen molar-refractivity contribution in [1.29, 1.82) is 0 Å². The molecule has 7 heteroatoms. The van der Waals surface area contributed by atoms with Gasteiger partial charge in [0.2, 0.25) is 0 Å². The molecule has 1 unspecified atom stereocenters. The molecule has 1 atom stereocenters. The van der Waals surface area contributed by atoms with E-state index in [1.807, 2.05) is 39.0 Å². The van der Waals surface area contributed by atoms with Crippen LogP contribution in [0.3, 0.4) is 0 Å². The molecular formula is C27H30N2O5. The van der Waals surface area contributed by atoms with Crippen molar-refractivity contribution in [2.45, 2.75) is 46.1 Å². The van der Waals surface area contributed by atoms with Crippen molar-refractivity contribution in [1.82, 2.24) is 5.32 Å². The second-order valence-corrected chi connectivity index (χ2v) is 8.92. The zero-order valence-corrected chi connectivity index (χ0v) is 19.7. The Morgan fingerprint density at radius 2 is 2.09 bits per heavy atom. The summed E-state index contributed by atoms with van der Waals surface area (Å²) in [6, 6.07) is 9.94. The van der Waals surface area contributed by atoms with Gasteiger partial charge >= 0.3 is 5.63 Å². The average Bonchev–Trinajstić information content (AvgIpc) is 2.82. The Morgan fingerprint density at radius 1 is 1.26 bits per heavy atom. The van der Waals surface area contributed by atoms with Crippen LogP contribution in [0.25, 0.3) is 11.0 Å². The SMILES string of the molecule is CC(C)=CCc1cc(C(=O)Nc2cc3ccc(OC4CCCNC4)c(C)c3oc2=O)ccc1O. The minimum Gasteiger partial charge on any atom is -0.508 e. The maximum Gasteiger partial charge on any atom is 0.360 e. The number of anilines is 1. The molecule has 0 bridgehead atoms. The van der Waals surface area contributed by atoms with Crippen LogP contribution in [-0.2, 0) is 6.42 Å². The number of nitrogens with one attached hydrogen (secondary N) is 2. The number of phenolic OH excluding ortho intramolecular Hbond substituents is 1. The van der Waals surface area contributed by atoms with E-state index in [2.05, 4.69) is 10.6 Å². The van der Waals surface area contributed by atoms with Gasteiger partial charge in [0.05, 0.1) is 0 Å². The first kappa shape index (κ1) is 23.6. The lowest BCUT2D eigenvalue weighted by molar-refractivity contribution is 0.102. The van der Waals surface area contributed by atoms with Crippen LogP contribution in [0.4, 0.5) is 5.69 Å². The number of hydrogen-bond donors (Lipinski definition) is 3. The van der Waals surface area contributed by atoms with Gasteiger partial charge in [-0.15, -0.1) is 0 Å². The number of piperidine rings is 1. The normalized spacial score (nSPS) is 15.7. The van der Waals surface area contributed by atoms with E-state index in [0.29, 0.717) is 34.3 Å². The molecular weight excluding hydrogens is 432 g/mol. The average molecular weight is 463 g/mol. The number of aryl methyl sites for hydroxylation is 1. The van der Waals surface area contributed by atoms with Crippen LogP contribution in [0.2, 0.25) is 0 Å². The summed E-state index contributed by atoms with van der Waals surface area (Å²) < 4.78 is 11.7. The fourth-order valence-corrected chi connectivity index (χ4v) is 4.02. The molecule has 4 rings (SSSR count). The summed E-state index contributed by atoms with van der Waals surface area (Å²) in [6.45, 7) is 7.59. The molecule has 7 nitrogen and oxygen atoms in total. The molecule has 2 heterocycles. The highest BCUT2D eigenvalue weighted by molar-refractivity contribution is 6.05. The molecule has 178 valence electrons. The summed E-state index contributed by atoms with van der Waals surface area (Å²) >= 11 is 0. The van der Waals surface area contributed by atoms with Gasteiger partial charge < -0.3 is 24.9 Å². The van der Waals surface area contributed by atoms with Crippen molar-refractivity contribution in [2.24, 2.45) is 0 Å². The van der Waals surface area contributed by atoms with Gasteiger partial charge in [0.15, 0.2) is 0 Å². The van der Waals surface area contributed by atoms with E-state index in [-0.39, 0.29) is 17.5 Å². The van der Waals surface area contributed by atoms with Crippen molar-refractivity contribution < 1.29 is 19.1 Å². The molecule has 34 heavy (non-hydrogen) atoms. The number of fused-ring (bicyclic) bond motifs is 1. The molecule has 1 amide bonds. The third kappa shape index (κ3) is 5.31. The first-order valence-electron chi connectivity index (χ1n) is 11.5. The monoisotopic (exact) mass is 462 g/mol. The van der Waals surface area contributed by atoms with Gasteiger partial charge in [-0.2, -0.15) is 0 Å². The predicted octanol–water partition coefficient (Wildman–Crippen LogP) is 4.70. The summed E-state index contributed by atoms with van der Waals surface area (Å²) in [6.07, 6.45) is 4.61. The van der Waals surface area contributed by atoms with Crippen molar-refractivity contribution in [3.05, 3.63) is 75.2 Å². The Bertz CT molecular complexity index is 1300. The Hall–Kier alpha value is -3.58. The van der Waals surface area contributed by atoms with Crippen molar-refractivity contribution in [3.63, 3.8) is 0 Å². The summed E-state index contributed by atoms with van der Waals surface area (Å²) in [5.74, 6) is 0.359. The van der Waals surface area contributed by atoms with Gasteiger partial charge in [-0.25, -0.2) is 4.79 Å². The van der Waals surface area contributed by atoms with E-state index in [4.69, 9.17) is 9.15 Å². The number of aromatic hydroxyl groups is 1. The summed E-state index contributed by atoms with van der Waals surface area (Å²) in [7, 11) is 0. The van der Waals surface area contributed by atoms with E-state index >= 15 is 0 Å². The summed E-state index contributed by atoms with van der Waals surface area (Å²) in [5.41, 5.74) is 2.71. The first-order chi connectivity index (χ1) is 16.3. The molecule has 3 N–H and O–H groups in total. The maximum atomic E-state index is 12.8. The third-order valence-electron chi connectivity index (χ3n) is 5.97. The summed E-state index contributed by atoms with van der Waals surface area (Å²) in [5, 5.41) is 16.8. The smallest absolute Gasteiger partial charge is 0.360 e. The van der Waals surface area contributed by atoms with Crippen LogP contribution in [0, 0.1) is 6.92 Å². The molecule has 3 aromatic rings. The van der Waals surface area contributed by atoms with E-state index in [0.717, 1.165) is 37.1 Å². The Morgan fingerprint density at radius 3 is 2.82 bits per heavy atom. The van der Waals surface area contributed by atoms with Gasteiger partial charge in [-0.1, -0.05) is 11.6 Å². The number of phenols is 1. The molecule has 1 aliphatic rings. The molecule has 2 aromatic carbocycles. The Balaban J connectivity index is 1.56. The second kappa shape index (κ2) is 10.1. The minimum absolute atomic E-state index is 0.0565. The van der Waals surface area contributed by atoms with Gasteiger partial charge in [-0.3, -0.25) is 4.79 Å². The molecule has 1 fully saturated rings.